The number of fused-ring (bicyclic) bond motifs is 1. The van der Waals surface area contributed by atoms with Crippen LogP contribution in [0.15, 0.2) is 24.4 Å². The lowest BCUT2D eigenvalue weighted by molar-refractivity contribution is 0.0729. The molecule has 0 saturated heterocycles. The molecule has 3 heterocycles. The molecule has 3 aromatic heterocycles. The molecule has 0 radical (unpaired) electrons. The quantitative estimate of drug-likeness (QED) is 0.611. The number of aromatic nitrogens is 4. The summed E-state index contributed by atoms with van der Waals surface area (Å²) in [6.45, 7) is 4.20. The van der Waals surface area contributed by atoms with Crippen LogP contribution < -0.4 is 10.6 Å². The second-order valence-electron chi connectivity index (χ2n) is 7.37. The highest BCUT2D eigenvalue weighted by atomic mass is 19.1. The Balaban J connectivity index is 1.66. The topological polar surface area (TPSA) is 95.6 Å². The smallest absolute Gasteiger partial charge is 0.272 e. The Hall–Kier alpha value is -3.10. The first-order chi connectivity index (χ1) is 12.8. The van der Waals surface area contributed by atoms with Gasteiger partial charge >= 0.3 is 0 Å². The molecule has 0 bridgehead atoms. The van der Waals surface area contributed by atoms with Gasteiger partial charge in [0, 0.05) is 29.2 Å². The molecule has 7 nitrogen and oxygen atoms in total. The lowest BCUT2D eigenvalue weighted by Crippen LogP contribution is -2.52. The van der Waals surface area contributed by atoms with Crippen LogP contribution in [0, 0.1) is 17.3 Å². The molecule has 4 rings (SSSR count). The van der Waals surface area contributed by atoms with E-state index in [0.29, 0.717) is 10.9 Å². The summed E-state index contributed by atoms with van der Waals surface area (Å²) in [6, 6.07) is 3.80. The Labute approximate surface area is 153 Å². The maximum absolute atomic E-state index is 13.3. The van der Waals surface area contributed by atoms with Crippen molar-refractivity contribution in [1.82, 2.24) is 25.5 Å². The monoisotopic (exact) mass is 372 g/mol. The Morgan fingerprint density at radius 2 is 1.96 bits per heavy atom. The Bertz CT molecular complexity index is 1010. The van der Waals surface area contributed by atoms with Gasteiger partial charge in [-0.25, -0.2) is 4.98 Å². The lowest BCUT2D eigenvalue weighted by Gasteiger charge is -2.44. The molecule has 1 aliphatic rings. The van der Waals surface area contributed by atoms with Gasteiger partial charge < -0.3 is 10.6 Å². The van der Waals surface area contributed by atoms with Crippen LogP contribution in [0.25, 0.3) is 10.9 Å². The van der Waals surface area contributed by atoms with Crippen molar-refractivity contribution in [2.75, 3.05) is 5.32 Å². The predicted octanol–water partition coefficient (Wildman–Crippen LogP) is 3.29. The zero-order valence-electron chi connectivity index (χ0n) is 14.8. The average molecular weight is 372 g/mol. The maximum Gasteiger partial charge on any atom is 0.272 e. The minimum absolute atomic E-state index is 0.0463. The number of aromatic amines is 1. The third-order valence-corrected chi connectivity index (χ3v) is 5.01. The summed E-state index contributed by atoms with van der Waals surface area (Å²) in [5.41, 5.74) is 0.861. The van der Waals surface area contributed by atoms with E-state index in [1.54, 1.807) is 12.3 Å². The van der Waals surface area contributed by atoms with Crippen LogP contribution in [0.1, 0.15) is 37.2 Å². The van der Waals surface area contributed by atoms with Crippen molar-refractivity contribution in [3.05, 3.63) is 42.0 Å². The summed E-state index contributed by atoms with van der Waals surface area (Å²) in [6.07, 6.45) is 3.52. The van der Waals surface area contributed by atoms with E-state index in [1.165, 1.54) is 0 Å². The highest BCUT2D eigenvalue weighted by molar-refractivity contribution is 6.04. The van der Waals surface area contributed by atoms with Gasteiger partial charge in [-0.15, -0.1) is 0 Å². The second kappa shape index (κ2) is 6.26. The number of H-pyrrole nitrogens is 1. The van der Waals surface area contributed by atoms with Crippen molar-refractivity contribution in [3.63, 3.8) is 0 Å². The number of anilines is 2. The van der Waals surface area contributed by atoms with Gasteiger partial charge in [0.05, 0.1) is 11.7 Å². The third kappa shape index (κ3) is 3.32. The number of halogens is 2. The number of hydrogen-bond acceptors (Lipinski definition) is 5. The highest BCUT2D eigenvalue weighted by Crippen LogP contribution is 2.40. The minimum Gasteiger partial charge on any atom is -0.347 e. The number of hydrogen-bond donors (Lipinski definition) is 3. The Morgan fingerprint density at radius 1 is 1.22 bits per heavy atom. The predicted molar refractivity (Wildman–Crippen MR) is 95.6 cm³/mol. The van der Waals surface area contributed by atoms with Crippen LogP contribution in [-0.4, -0.2) is 32.1 Å². The largest absolute Gasteiger partial charge is 0.347 e. The van der Waals surface area contributed by atoms with Crippen LogP contribution in [0.4, 0.5) is 20.3 Å². The number of nitrogens with one attached hydrogen (secondary N) is 3. The van der Waals surface area contributed by atoms with Gasteiger partial charge in [-0.05, 0) is 24.3 Å². The fourth-order valence-electron chi connectivity index (χ4n) is 3.22. The van der Waals surface area contributed by atoms with E-state index in [0.717, 1.165) is 25.0 Å². The summed E-state index contributed by atoms with van der Waals surface area (Å²) >= 11 is 0. The van der Waals surface area contributed by atoms with Gasteiger partial charge in [-0.1, -0.05) is 13.8 Å². The van der Waals surface area contributed by atoms with E-state index in [2.05, 4.69) is 44.6 Å². The van der Waals surface area contributed by atoms with E-state index >= 15 is 0 Å². The van der Waals surface area contributed by atoms with E-state index in [-0.39, 0.29) is 34.6 Å². The van der Waals surface area contributed by atoms with Gasteiger partial charge in [0.15, 0.2) is 5.69 Å². The van der Waals surface area contributed by atoms with Gasteiger partial charge in [-0.2, -0.15) is 18.9 Å². The number of carbonyl (C=O) groups excluding carboxylic acids is 1. The number of pyridine rings is 2. The molecule has 27 heavy (non-hydrogen) atoms. The normalized spacial score (nSPS) is 18.1. The first-order valence-electron chi connectivity index (χ1n) is 8.57. The van der Waals surface area contributed by atoms with Gasteiger partial charge in [-0.3, -0.25) is 9.89 Å². The summed E-state index contributed by atoms with van der Waals surface area (Å²) in [7, 11) is 0. The number of carbonyl (C=O) groups is 1. The van der Waals surface area contributed by atoms with Crippen molar-refractivity contribution in [2.24, 2.45) is 5.41 Å². The second-order valence-corrected chi connectivity index (χ2v) is 7.37. The molecule has 140 valence electrons. The molecule has 0 aromatic carbocycles. The first-order valence-corrected chi connectivity index (χ1v) is 8.57. The zero-order chi connectivity index (χ0) is 19.2. The van der Waals surface area contributed by atoms with Crippen molar-refractivity contribution in [2.45, 2.75) is 32.7 Å². The standard InChI is InChI=1S/C18H18F2N6O/c1-18(2)4-3-11(18)23-17(27)16-15-9(8-21-26-15)5-14(25-16)22-10-6-12(19)24-13(20)7-10/h5-8,11H,3-4H2,1-2H3,(H,21,26)(H,23,27)(H,22,24,25). The highest BCUT2D eigenvalue weighted by Gasteiger charge is 2.39. The SMILES string of the molecule is CC1(C)CCC1NC(=O)c1nc(Nc2cc(F)nc(F)c2)cc2cn[nH]c12. The van der Waals surface area contributed by atoms with Crippen molar-refractivity contribution in [1.29, 1.82) is 0 Å². The Morgan fingerprint density at radius 3 is 2.59 bits per heavy atom. The fourth-order valence-corrected chi connectivity index (χ4v) is 3.22. The molecule has 1 saturated carbocycles. The van der Waals surface area contributed by atoms with E-state index in [9.17, 15) is 13.6 Å². The zero-order valence-corrected chi connectivity index (χ0v) is 14.8. The van der Waals surface area contributed by atoms with Gasteiger partial charge in [0.25, 0.3) is 5.91 Å². The van der Waals surface area contributed by atoms with E-state index in [1.807, 2.05) is 0 Å². The summed E-state index contributed by atoms with van der Waals surface area (Å²) < 4.78 is 26.6. The summed E-state index contributed by atoms with van der Waals surface area (Å²) in [5, 5.41) is 13.2. The Kier molecular flexibility index (Phi) is 4.01. The van der Waals surface area contributed by atoms with E-state index in [4.69, 9.17) is 0 Å². The number of rotatable bonds is 4. The molecule has 1 unspecified atom stereocenters. The van der Waals surface area contributed by atoms with Gasteiger partial charge in [0.1, 0.15) is 5.82 Å². The molecule has 9 heteroatoms. The molecule has 1 aliphatic carbocycles. The van der Waals surface area contributed by atoms with Crippen LogP contribution in [0.3, 0.4) is 0 Å². The summed E-state index contributed by atoms with van der Waals surface area (Å²) in [5.74, 6) is -1.95. The molecule has 3 N–H and O–H groups in total. The molecule has 1 atom stereocenters. The van der Waals surface area contributed by atoms with Gasteiger partial charge in [0.2, 0.25) is 11.9 Å². The number of nitrogens with zero attached hydrogens (tertiary/aromatic N) is 3. The molecular weight excluding hydrogens is 354 g/mol. The molecule has 0 spiro atoms. The lowest BCUT2D eigenvalue weighted by atomic mass is 9.67. The first kappa shape index (κ1) is 17.3. The van der Waals surface area contributed by atoms with Crippen molar-refractivity contribution in [3.8, 4) is 0 Å². The molecule has 1 amide bonds. The van der Waals surface area contributed by atoms with Crippen LogP contribution in [0.5, 0.6) is 0 Å². The fraction of sp³-hybridized carbons (Fsp3) is 0.333. The summed E-state index contributed by atoms with van der Waals surface area (Å²) in [4.78, 5) is 20.2. The third-order valence-electron chi connectivity index (χ3n) is 5.01. The van der Waals surface area contributed by atoms with Crippen molar-refractivity contribution >= 4 is 28.3 Å². The molecule has 0 aliphatic heterocycles. The number of amides is 1. The maximum atomic E-state index is 13.3. The van der Waals surface area contributed by atoms with E-state index < -0.39 is 11.9 Å². The molecular formula is C18H18F2N6O. The van der Waals surface area contributed by atoms with Crippen LogP contribution >= 0.6 is 0 Å². The minimum atomic E-state index is -0.952. The van der Waals surface area contributed by atoms with Crippen molar-refractivity contribution < 1.29 is 13.6 Å². The van der Waals surface area contributed by atoms with Crippen LogP contribution in [0.2, 0.25) is 0 Å². The average Bonchev–Trinajstić information content (AvgIpc) is 3.05. The van der Waals surface area contributed by atoms with Crippen LogP contribution in [-0.2, 0) is 0 Å². The molecule has 1 fully saturated rings. The molecule has 3 aromatic rings.